The van der Waals surface area contributed by atoms with E-state index in [9.17, 15) is 4.79 Å². The zero-order valence-electron chi connectivity index (χ0n) is 8.70. The van der Waals surface area contributed by atoms with Gasteiger partial charge in [0.15, 0.2) is 0 Å². The highest BCUT2D eigenvalue weighted by Crippen LogP contribution is 2.21. The molecular weight excluding hydrogens is 232 g/mol. The van der Waals surface area contributed by atoms with Crippen molar-refractivity contribution >= 4 is 23.4 Å². The third-order valence-electron chi connectivity index (χ3n) is 2.25. The molecule has 0 aliphatic carbocycles. The number of aromatic nitrogens is 1. The fourth-order valence-electron chi connectivity index (χ4n) is 1.16. The van der Waals surface area contributed by atoms with Gasteiger partial charge in [-0.05, 0) is 31.5 Å². The van der Waals surface area contributed by atoms with Gasteiger partial charge in [-0.25, -0.2) is 0 Å². The molecule has 0 bridgehead atoms. The number of hydrogen-bond donors (Lipinski definition) is 1. The summed E-state index contributed by atoms with van der Waals surface area (Å²) in [5.41, 5.74) is 1.77. The van der Waals surface area contributed by atoms with Gasteiger partial charge in [-0.2, -0.15) is 0 Å². The summed E-state index contributed by atoms with van der Waals surface area (Å²) >= 11 is 5.67. The van der Waals surface area contributed by atoms with Crippen molar-refractivity contribution in [2.45, 2.75) is 13.8 Å². The number of amides is 1. The smallest absolute Gasteiger partial charge is 0.262 e. The minimum absolute atomic E-state index is 0.0476. The lowest BCUT2D eigenvalue weighted by Crippen LogP contribution is -2.11. The summed E-state index contributed by atoms with van der Waals surface area (Å²) < 4.78 is 9.77. The molecule has 0 saturated heterocycles. The Morgan fingerprint density at radius 2 is 2.25 bits per heavy atom. The molecule has 2 aromatic heterocycles. The molecule has 0 spiro atoms. The standard InChI is InChI=1S/C10H9ClN2O3/c1-5-6(2)13-16-10(5)12-9(14)7-3-4-15-8(7)11/h3-4H,1-2H3,(H,12,14). The van der Waals surface area contributed by atoms with Crippen molar-refractivity contribution in [3.05, 3.63) is 34.4 Å². The zero-order chi connectivity index (χ0) is 11.7. The average Bonchev–Trinajstić information content (AvgIpc) is 2.79. The van der Waals surface area contributed by atoms with Gasteiger partial charge in [0.25, 0.3) is 5.91 Å². The topological polar surface area (TPSA) is 68.3 Å². The van der Waals surface area contributed by atoms with Crippen molar-refractivity contribution in [1.29, 1.82) is 0 Å². The van der Waals surface area contributed by atoms with Crippen molar-refractivity contribution < 1.29 is 13.7 Å². The lowest BCUT2D eigenvalue weighted by atomic mass is 10.2. The number of halogens is 1. The van der Waals surface area contributed by atoms with Gasteiger partial charge in [-0.15, -0.1) is 0 Å². The number of rotatable bonds is 2. The minimum atomic E-state index is -0.391. The highest BCUT2D eigenvalue weighted by molar-refractivity contribution is 6.32. The molecule has 0 unspecified atom stereocenters. The van der Waals surface area contributed by atoms with E-state index in [1.807, 2.05) is 0 Å². The van der Waals surface area contributed by atoms with E-state index in [0.29, 0.717) is 5.88 Å². The summed E-state index contributed by atoms with van der Waals surface area (Å²) in [4.78, 5) is 11.7. The van der Waals surface area contributed by atoms with Crippen molar-refractivity contribution in [3.63, 3.8) is 0 Å². The van der Waals surface area contributed by atoms with Gasteiger partial charge in [-0.3, -0.25) is 10.1 Å². The molecule has 0 aromatic carbocycles. The maximum Gasteiger partial charge on any atom is 0.262 e. The normalized spacial score (nSPS) is 10.4. The van der Waals surface area contributed by atoms with E-state index < -0.39 is 5.91 Å². The van der Waals surface area contributed by atoms with E-state index in [1.54, 1.807) is 13.8 Å². The summed E-state index contributed by atoms with van der Waals surface area (Å²) in [7, 11) is 0. The van der Waals surface area contributed by atoms with Crippen LogP contribution in [-0.4, -0.2) is 11.1 Å². The Kier molecular flexibility index (Phi) is 2.70. The van der Waals surface area contributed by atoms with E-state index in [4.69, 9.17) is 20.5 Å². The van der Waals surface area contributed by atoms with E-state index in [0.717, 1.165) is 11.3 Å². The Balaban J connectivity index is 2.20. The minimum Gasteiger partial charge on any atom is -0.452 e. The van der Waals surface area contributed by atoms with Crippen LogP contribution in [-0.2, 0) is 0 Å². The maximum atomic E-state index is 11.7. The summed E-state index contributed by atoms with van der Waals surface area (Å²) in [5.74, 6) is -0.0715. The number of furan rings is 1. The Labute approximate surface area is 96.4 Å². The van der Waals surface area contributed by atoms with E-state index in [1.165, 1.54) is 12.3 Å². The molecule has 84 valence electrons. The first-order valence-electron chi connectivity index (χ1n) is 4.57. The van der Waals surface area contributed by atoms with Crippen LogP contribution < -0.4 is 5.32 Å². The molecule has 0 aliphatic heterocycles. The molecule has 0 fully saturated rings. The van der Waals surface area contributed by atoms with Crippen molar-refractivity contribution in [2.75, 3.05) is 5.32 Å². The van der Waals surface area contributed by atoms with Crippen LogP contribution >= 0.6 is 11.6 Å². The number of carbonyl (C=O) groups excluding carboxylic acids is 1. The number of hydrogen-bond acceptors (Lipinski definition) is 4. The maximum absolute atomic E-state index is 11.7. The molecule has 2 heterocycles. The lowest BCUT2D eigenvalue weighted by Gasteiger charge is -1.99. The van der Waals surface area contributed by atoms with E-state index in [2.05, 4.69) is 10.5 Å². The van der Waals surface area contributed by atoms with Crippen LogP contribution in [0.5, 0.6) is 0 Å². The molecule has 1 N–H and O–H groups in total. The first-order chi connectivity index (χ1) is 7.59. The van der Waals surface area contributed by atoms with Crippen molar-refractivity contribution in [2.24, 2.45) is 0 Å². The van der Waals surface area contributed by atoms with Crippen molar-refractivity contribution in [3.8, 4) is 0 Å². The van der Waals surface area contributed by atoms with Crippen LogP contribution in [0.1, 0.15) is 21.6 Å². The van der Waals surface area contributed by atoms with Gasteiger partial charge in [0.1, 0.15) is 0 Å². The van der Waals surface area contributed by atoms with E-state index in [-0.39, 0.29) is 10.8 Å². The van der Waals surface area contributed by atoms with Crippen LogP contribution in [0.2, 0.25) is 5.22 Å². The van der Waals surface area contributed by atoms with E-state index >= 15 is 0 Å². The summed E-state index contributed by atoms with van der Waals surface area (Å²) in [6.45, 7) is 3.59. The lowest BCUT2D eigenvalue weighted by molar-refractivity contribution is 0.102. The molecule has 2 rings (SSSR count). The highest BCUT2D eigenvalue weighted by Gasteiger charge is 2.17. The number of nitrogens with zero attached hydrogens (tertiary/aromatic N) is 1. The molecule has 0 saturated carbocycles. The monoisotopic (exact) mass is 240 g/mol. The quantitative estimate of drug-likeness (QED) is 0.876. The third-order valence-corrected chi connectivity index (χ3v) is 2.54. The summed E-state index contributed by atoms with van der Waals surface area (Å²) in [6.07, 6.45) is 1.34. The molecule has 0 aliphatic rings. The second kappa shape index (κ2) is 4.02. The molecule has 0 radical (unpaired) electrons. The summed E-state index contributed by atoms with van der Waals surface area (Å²) in [5, 5.41) is 6.34. The fraction of sp³-hybridized carbons (Fsp3) is 0.200. The van der Waals surface area contributed by atoms with Gasteiger partial charge < -0.3 is 8.94 Å². The second-order valence-corrected chi connectivity index (χ2v) is 3.63. The highest BCUT2D eigenvalue weighted by atomic mass is 35.5. The van der Waals surface area contributed by atoms with Crippen LogP contribution in [0.3, 0.4) is 0 Å². The van der Waals surface area contributed by atoms with Crippen molar-refractivity contribution in [1.82, 2.24) is 5.16 Å². The Morgan fingerprint density at radius 3 is 2.75 bits per heavy atom. The molecule has 6 heteroatoms. The molecule has 0 atom stereocenters. The summed E-state index contributed by atoms with van der Waals surface area (Å²) in [6, 6.07) is 1.48. The molecular formula is C10H9ClN2O3. The Morgan fingerprint density at radius 1 is 1.50 bits per heavy atom. The number of carbonyl (C=O) groups is 1. The van der Waals surface area contributed by atoms with Crippen LogP contribution in [0.4, 0.5) is 5.88 Å². The first kappa shape index (κ1) is 10.8. The predicted molar refractivity (Wildman–Crippen MR) is 57.6 cm³/mol. The predicted octanol–water partition coefficient (Wildman–Crippen LogP) is 2.79. The first-order valence-corrected chi connectivity index (χ1v) is 4.94. The Hall–Kier alpha value is -1.75. The van der Waals surface area contributed by atoms with Crippen LogP contribution in [0.15, 0.2) is 21.3 Å². The number of anilines is 1. The Bertz CT molecular complexity index is 530. The molecule has 1 amide bonds. The largest absolute Gasteiger partial charge is 0.452 e. The van der Waals surface area contributed by atoms with Crippen LogP contribution in [0, 0.1) is 13.8 Å². The molecule has 16 heavy (non-hydrogen) atoms. The average molecular weight is 241 g/mol. The van der Waals surface area contributed by atoms with Crippen LogP contribution in [0.25, 0.3) is 0 Å². The third kappa shape index (κ3) is 1.81. The SMILES string of the molecule is Cc1noc(NC(=O)c2ccoc2Cl)c1C. The van der Waals surface area contributed by atoms with Gasteiger partial charge in [0, 0.05) is 5.56 Å². The molecule has 2 aromatic rings. The van der Waals surface area contributed by atoms with Gasteiger partial charge in [0.05, 0.1) is 17.5 Å². The second-order valence-electron chi connectivity index (χ2n) is 3.28. The van der Waals surface area contributed by atoms with Gasteiger partial charge in [0.2, 0.25) is 11.1 Å². The number of nitrogens with one attached hydrogen (secondary N) is 1. The fourth-order valence-corrected chi connectivity index (χ4v) is 1.36. The van der Waals surface area contributed by atoms with Gasteiger partial charge >= 0.3 is 0 Å². The number of aryl methyl sites for hydroxylation is 1. The zero-order valence-corrected chi connectivity index (χ0v) is 9.46. The van der Waals surface area contributed by atoms with Gasteiger partial charge in [-0.1, -0.05) is 5.16 Å². The molecule has 5 nitrogen and oxygen atoms in total.